The first-order valence-electron chi connectivity index (χ1n) is 8.98. The van der Waals surface area contributed by atoms with Crippen LogP contribution < -0.4 is 15.2 Å². The van der Waals surface area contributed by atoms with Gasteiger partial charge in [0.1, 0.15) is 18.0 Å². The summed E-state index contributed by atoms with van der Waals surface area (Å²) in [7, 11) is -3.78. The number of hydrogen-bond donors (Lipinski definition) is 2. The average molecular weight is 422 g/mol. The van der Waals surface area contributed by atoms with E-state index in [9.17, 15) is 13.2 Å². The number of carbonyl (C=O) groups excluding carboxylic acids is 1. The average Bonchev–Trinajstić information content (AvgIpc) is 3.15. The highest BCUT2D eigenvalue weighted by Gasteiger charge is 2.10. The van der Waals surface area contributed by atoms with Crippen molar-refractivity contribution in [2.75, 3.05) is 5.32 Å². The van der Waals surface area contributed by atoms with E-state index in [4.69, 9.17) is 9.88 Å². The molecule has 0 saturated heterocycles. The summed E-state index contributed by atoms with van der Waals surface area (Å²) in [6.45, 7) is 0.266. The van der Waals surface area contributed by atoms with Crippen molar-refractivity contribution in [2.24, 2.45) is 5.14 Å². The van der Waals surface area contributed by atoms with E-state index in [2.05, 4.69) is 10.3 Å². The number of pyridine rings is 1. The molecule has 4 aromatic rings. The first-order chi connectivity index (χ1) is 14.4. The normalized spacial score (nSPS) is 11.4. The van der Waals surface area contributed by atoms with E-state index in [-0.39, 0.29) is 17.4 Å². The second-order valence-corrected chi connectivity index (χ2v) is 8.10. The number of benzene rings is 2. The second-order valence-electron chi connectivity index (χ2n) is 6.54. The number of anilines is 1. The van der Waals surface area contributed by atoms with E-state index < -0.39 is 10.0 Å². The number of fused-ring (bicyclic) bond motifs is 1. The minimum atomic E-state index is -3.78. The molecule has 0 unspecified atom stereocenters. The molecule has 152 valence electrons. The summed E-state index contributed by atoms with van der Waals surface area (Å²) in [4.78, 5) is 17.0. The molecule has 0 aliphatic heterocycles. The maximum Gasteiger partial charge on any atom is 0.255 e. The molecule has 1 amide bonds. The van der Waals surface area contributed by atoms with Crippen LogP contribution in [0.2, 0.25) is 0 Å². The van der Waals surface area contributed by atoms with E-state index in [0.29, 0.717) is 17.0 Å². The molecule has 0 bridgehead atoms. The number of imidazole rings is 1. The summed E-state index contributed by atoms with van der Waals surface area (Å²) in [6.07, 6.45) is 3.80. The summed E-state index contributed by atoms with van der Waals surface area (Å²) in [5, 5.41) is 7.78. The van der Waals surface area contributed by atoms with Gasteiger partial charge in [-0.05, 0) is 54.6 Å². The van der Waals surface area contributed by atoms with Crippen molar-refractivity contribution < 1.29 is 17.9 Å². The lowest BCUT2D eigenvalue weighted by Crippen LogP contribution is -2.14. The van der Waals surface area contributed by atoms with Crippen LogP contribution in [0.3, 0.4) is 0 Å². The summed E-state index contributed by atoms with van der Waals surface area (Å²) >= 11 is 0. The van der Waals surface area contributed by atoms with Crippen molar-refractivity contribution in [3.8, 4) is 5.75 Å². The van der Waals surface area contributed by atoms with Gasteiger partial charge >= 0.3 is 0 Å². The van der Waals surface area contributed by atoms with Crippen LogP contribution in [0.25, 0.3) is 5.65 Å². The lowest BCUT2D eigenvalue weighted by atomic mass is 10.2. The van der Waals surface area contributed by atoms with Crippen molar-refractivity contribution in [1.29, 1.82) is 0 Å². The molecule has 2 aromatic heterocycles. The van der Waals surface area contributed by atoms with Gasteiger partial charge in [0.2, 0.25) is 10.0 Å². The van der Waals surface area contributed by atoms with Crippen LogP contribution in [-0.4, -0.2) is 23.7 Å². The Kier molecular flexibility index (Phi) is 5.21. The zero-order chi connectivity index (χ0) is 21.1. The summed E-state index contributed by atoms with van der Waals surface area (Å²) < 4.78 is 30.3. The highest BCUT2D eigenvalue weighted by Crippen LogP contribution is 2.18. The van der Waals surface area contributed by atoms with Crippen LogP contribution in [0.1, 0.15) is 16.1 Å². The van der Waals surface area contributed by atoms with Gasteiger partial charge in [0.25, 0.3) is 5.91 Å². The minimum Gasteiger partial charge on any atom is -0.487 e. The van der Waals surface area contributed by atoms with Crippen LogP contribution >= 0.6 is 0 Å². The van der Waals surface area contributed by atoms with Crippen molar-refractivity contribution in [2.45, 2.75) is 11.5 Å². The Morgan fingerprint density at radius 1 is 1.07 bits per heavy atom. The molecule has 8 nitrogen and oxygen atoms in total. The number of primary sulfonamides is 1. The number of carbonyl (C=O) groups is 1. The number of nitrogens with one attached hydrogen (secondary N) is 1. The Labute approximate surface area is 173 Å². The summed E-state index contributed by atoms with van der Waals surface area (Å²) in [6, 6.07) is 18.1. The van der Waals surface area contributed by atoms with E-state index in [1.54, 1.807) is 24.3 Å². The fourth-order valence-corrected chi connectivity index (χ4v) is 3.39. The Hall–Kier alpha value is -3.69. The van der Waals surface area contributed by atoms with E-state index in [1.807, 2.05) is 35.0 Å². The molecule has 0 saturated carbocycles. The zero-order valence-electron chi connectivity index (χ0n) is 15.7. The van der Waals surface area contributed by atoms with Gasteiger partial charge in [-0.2, -0.15) is 0 Å². The molecule has 0 aliphatic rings. The van der Waals surface area contributed by atoms with Gasteiger partial charge in [0.05, 0.1) is 10.6 Å². The molecule has 0 spiro atoms. The number of nitrogens with zero attached hydrogens (tertiary/aromatic N) is 2. The van der Waals surface area contributed by atoms with Crippen LogP contribution in [0.15, 0.2) is 84.0 Å². The van der Waals surface area contributed by atoms with E-state index in [1.165, 1.54) is 24.3 Å². The van der Waals surface area contributed by atoms with Crippen molar-refractivity contribution in [3.63, 3.8) is 0 Å². The van der Waals surface area contributed by atoms with Gasteiger partial charge in [-0.15, -0.1) is 0 Å². The fourth-order valence-electron chi connectivity index (χ4n) is 2.87. The van der Waals surface area contributed by atoms with Crippen LogP contribution in [0.5, 0.6) is 5.75 Å². The molecule has 0 fully saturated rings. The minimum absolute atomic E-state index is 0.0251. The molecule has 0 radical (unpaired) electrons. The van der Waals surface area contributed by atoms with Crippen molar-refractivity contribution >= 4 is 27.3 Å². The molecule has 0 aliphatic carbocycles. The SMILES string of the molecule is NS(=O)(=O)c1ccc(NC(=O)c2cccc(OCc3cn4ccccc4n3)c2)cc1. The quantitative estimate of drug-likeness (QED) is 0.496. The summed E-state index contributed by atoms with van der Waals surface area (Å²) in [5.41, 5.74) is 2.45. The molecule has 0 atom stereocenters. The predicted molar refractivity (Wildman–Crippen MR) is 112 cm³/mol. The molecular formula is C21H18N4O4S. The van der Waals surface area contributed by atoms with Crippen LogP contribution in [0.4, 0.5) is 5.69 Å². The smallest absolute Gasteiger partial charge is 0.255 e. The molecule has 9 heteroatoms. The first kappa shape index (κ1) is 19.6. The monoisotopic (exact) mass is 422 g/mol. The van der Waals surface area contributed by atoms with Gasteiger partial charge in [0, 0.05) is 23.6 Å². The van der Waals surface area contributed by atoms with E-state index in [0.717, 1.165) is 11.3 Å². The molecule has 30 heavy (non-hydrogen) atoms. The van der Waals surface area contributed by atoms with E-state index >= 15 is 0 Å². The van der Waals surface area contributed by atoms with Crippen molar-refractivity contribution in [1.82, 2.24) is 9.38 Å². The van der Waals surface area contributed by atoms with Crippen molar-refractivity contribution in [3.05, 3.63) is 90.4 Å². The van der Waals surface area contributed by atoms with Gasteiger partial charge in [0.15, 0.2) is 0 Å². The highest BCUT2D eigenvalue weighted by atomic mass is 32.2. The molecule has 3 N–H and O–H groups in total. The molecule has 2 heterocycles. The maximum atomic E-state index is 12.5. The lowest BCUT2D eigenvalue weighted by Gasteiger charge is -2.08. The summed E-state index contributed by atoms with van der Waals surface area (Å²) in [5.74, 6) is 0.181. The number of sulfonamides is 1. The highest BCUT2D eigenvalue weighted by molar-refractivity contribution is 7.89. The number of amides is 1. The number of rotatable bonds is 6. The number of ether oxygens (including phenoxy) is 1. The van der Waals surface area contributed by atoms with Gasteiger partial charge in [-0.1, -0.05) is 12.1 Å². The number of aromatic nitrogens is 2. The zero-order valence-corrected chi connectivity index (χ0v) is 16.5. The van der Waals surface area contributed by atoms with Gasteiger partial charge in [-0.3, -0.25) is 4.79 Å². The standard InChI is InChI=1S/C21H18N4O4S/c22-30(27,28)19-9-7-16(8-10-19)24-21(26)15-4-3-5-18(12-15)29-14-17-13-25-11-2-1-6-20(25)23-17/h1-13H,14H2,(H,24,26)(H2,22,27,28). The Bertz CT molecular complexity index is 1280. The fraction of sp³-hybridized carbons (Fsp3) is 0.0476. The Morgan fingerprint density at radius 3 is 2.60 bits per heavy atom. The number of nitrogens with two attached hydrogens (primary N) is 1. The third kappa shape index (κ3) is 4.48. The number of hydrogen-bond acceptors (Lipinski definition) is 5. The first-order valence-corrected chi connectivity index (χ1v) is 10.5. The van der Waals surface area contributed by atoms with Crippen LogP contribution in [-0.2, 0) is 16.6 Å². The predicted octanol–water partition coefficient (Wildman–Crippen LogP) is 2.81. The topological polar surface area (TPSA) is 116 Å². The molecular weight excluding hydrogens is 404 g/mol. The second kappa shape index (κ2) is 7.97. The third-order valence-electron chi connectivity index (χ3n) is 4.34. The Morgan fingerprint density at radius 2 is 1.87 bits per heavy atom. The third-order valence-corrected chi connectivity index (χ3v) is 5.27. The lowest BCUT2D eigenvalue weighted by molar-refractivity contribution is 0.102. The largest absolute Gasteiger partial charge is 0.487 e. The molecule has 2 aromatic carbocycles. The van der Waals surface area contributed by atoms with Gasteiger partial charge < -0.3 is 14.5 Å². The van der Waals surface area contributed by atoms with Crippen LogP contribution in [0, 0.1) is 0 Å². The Balaban J connectivity index is 1.42. The van der Waals surface area contributed by atoms with Gasteiger partial charge in [-0.25, -0.2) is 18.5 Å². The maximum absolute atomic E-state index is 12.5. The molecule has 4 rings (SSSR count).